The molecule has 0 aromatic carbocycles. The molecule has 1 saturated carbocycles. The summed E-state index contributed by atoms with van der Waals surface area (Å²) in [4.78, 5) is 18.3. The zero-order valence-corrected chi connectivity index (χ0v) is 13.3. The lowest BCUT2D eigenvalue weighted by molar-refractivity contribution is -0.133. The lowest BCUT2D eigenvalue weighted by Crippen LogP contribution is -2.43. The number of nitrogens with zero attached hydrogens (tertiary/aromatic N) is 2. The van der Waals surface area contributed by atoms with Gasteiger partial charge in [0, 0.05) is 30.6 Å². The first-order valence-electron chi connectivity index (χ1n) is 7.96. The Morgan fingerprint density at radius 2 is 2.29 bits per heavy atom. The van der Waals surface area contributed by atoms with Crippen molar-refractivity contribution in [2.45, 2.75) is 44.7 Å². The molecule has 0 saturated heterocycles. The lowest BCUT2D eigenvalue weighted by atomic mass is 10.1. The molecule has 0 radical (unpaired) electrons. The van der Waals surface area contributed by atoms with Gasteiger partial charge in [0.1, 0.15) is 0 Å². The second kappa shape index (κ2) is 6.90. The van der Waals surface area contributed by atoms with Crippen LogP contribution >= 0.6 is 11.3 Å². The van der Waals surface area contributed by atoms with Gasteiger partial charge in [-0.1, -0.05) is 0 Å². The van der Waals surface area contributed by atoms with Crippen LogP contribution in [0.15, 0.2) is 11.4 Å². The van der Waals surface area contributed by atoms with E-state index in [0.29, 0.717) is 12.6 Å². The van der Waals surface area contributed by atoms with Crippen LogP contribution in [0.25, 0.3) is 0 Å². The Labute approximate surface area is 130 Å². The second-order valence-electron chi connectivity index (χ2n) is 6.07. The van der Waals surface area contributed by atoms with Crippen molar-refractivity contribution in [1.29, 1.82) is 0 Å². The van der Waals surface area contributed by atoms with Gasteiger partial charge in [-0.25, -0.2) is 0 Å². The molecule has 2 aliphatic rings. The number of thiophene rings is 1. The van der Waals surface area contributed by atoms with Crippen LogP contribution in [0.3, 0.4) is 0 Å². The first kappa shape index (κ1) is 15.0. The number of rotatable bonds is 7. The number of amides is 1. The van der Waals surface area contributed by atoms with Crippen molar-refractivity contribution in [3.05, 3.63) is 21.9 Å². The SMILES string of the molecule is O=C(CN(CCCCO)C1CC1)N1CCc2sccc2C1. The van der Waals surface area contributed by atoms with E-state index in [0.717, 1.165) is 38.9 Å². The van der Waals surface area contributed by atoms with Crippen molar-refractivity contribution in [2.75, 3.05) is 26.2 Å². The Morgan fingerprint density at radius 3 is 3.05 bits per heavy atom. The normalized spacial score (nSPS) is 18.1. The van der Waals surface area contributed by atoms with Gasteiger partial charge in [0.2, 0.25) is 5.91 Å². The highest BCUT2D eigenvalue weighted by Crippen LogP contribution is 2.28. The van der Waals surface area contributed by atoms with E-state index >= 15 is 0 Å². The molecule has 4 nitrogen and oxygen atoms in total. The van der Waals surface area contributed by atoms with E-state index in [1.165, 1.54) is 23.3 Å². The lowest BCUT2D eigenvalue weighted by Gasteiger charge is -2.30. The smallest absolute Gasteiger partial charge is 0.237 e. The summed E-state index contributed by atoms with van der Waals surface area (Å²) in [5, 5.41) is 11.0. The van der Waals surface area contributed by atoms with E-state index in [1.54, 1.807) is 0 Å². The Morgan fingerprint density at radius 1 is 1.43 bits per heavy atom. The van der Waals surface area contributed by atoms with Gasteiger partial charge < -0.3 is 10.0 Å². The predicted octanol–water partition coefficient (Wildman–Crippen LogP) is 1.87. The third kappa shape index (κ3) is 3.84. The fourth-order valence-corrected chi connectivity index (χ4v) is 3.88. The largest absolute Gasteiger partial charge is 0.396 e. The molecular weight excluding hydrogens is 284 g/mol. The molecule has 0 spiro atoms. The van der Waals surface area contributed by atoms with Crippen LogP contribution < -0.4 is 0 Å². The molecule has 116 valence electrons. The molecule has 1 fully saturated rings. The fraction of sp³-hybridized carbons (Fsp3) is 0.688. The molecule has 21 heavy (non-hydrogen) atoms. The van der Waals surface area contributed by atoms with Gasteiger partial charge in [-0.15, -0.1) is 11.3 Å². The van der Waals surface area contributed by atoms with E-state index < -0.39 is 0 Å². The number of hydrogen-bond donors (Lipinski definition) is 1. The van der Waals surface area contributed by atoms with Crippen molar-refractivity contribution >= 4 is 17.2 Å². The highest BCUT2D eigenvalue weighted by Gasteiger charge is 2.31. The zero-order valence-electron chi connectivity index (χ0n) is 12.5. The quantitative estimate of drug-likeness (QED) is 0.782. The van der Waals surface area contributed by atoms with Crippen molar-refractivity contribution < 1.29 is 9.90 Å². The first-order chi connectivity index (χ1) is 10.3. The van der Waals surface area contributed by atoms with Gasteiger partial charge in [-0.2, -0.15) is 0 Å². The summed E-state index contributed by atoms with van der Waals surface area (Å²) < 4.78 is 0. The Hall–Kier alpha value is -0.910. The molecule has 1 aliphatic carbocycles. The first-order valence-corrected chi connectivity index (χ1v) is 8.84. The summed E-state index contributed by atoms with van der Waals surface area (Å²) >= 11 is 1.81. The van der Waals surface area contributed by atoms with Gasteiger partial charge in [0.25, 0.3) is 0 Å². The van der Waals surface area contributed by atoms with Crippen LogP contribution in [-0.4, -0.2) is 53.1 Å². The number of carbonyl (C=O) groups is 1. The van der Waals surface area contributed by atoms with E-state index in [-0.39, 0.29) is 12.5 Å². The minimum atomic E-state index is 0.250. The van der Waals surface area contributed by atoms with Crippen molar-refractivity contribution in [2.24, 2.45) is 0 Å². The van der Waals surface area contributed by atoms with Crippen LogP contribution in [0.5, 0.6) is 0 Å². The Balaban J connectivity index is 1.52. The molecule has 1 aliphatic heterocycles. The van der Waals surface area contributed by atoms with Crippen LogP contribution in [0.4, 0.5) is 0 Å². The molecule has 3 rings (SSSR count). The van der Waals surface area contributed by atoms with Crippen LogP contribution in [-0.2, 0) is 17.8 Å². The summed E-state index contributed by atoms with van der Waals surface area (Å²) in [6, 6.07) is 2.76. The molecular formula is C16H24N2O2S. The number of carbonyl (C=O) groups excluding carboxylic acids is 1. The van der Waals surface area contributed by atoms with Gasteiger partial charge in [-0.3, -0.25) is 9.69 Å². The molecule has 0 atom stereocenters. The average molecular weight is 308 g/mol. The Kier molecular flexibility index (Phi) is 4.93. The highest BCUT2D eigenvalue weighted by molar-refractivity contribution is 7.10. The minimum absolute atomic E-state index is 0.250. The molecule has 0 bridgehead atoms. The van der Waals surface area contributed by atoms with Crippen LogP contribution in [0, 0.1) is 0 Å². The van der Waals surface area contributed by atoms with Crippen LogP contribution in [0.2, 0.25) is 0 Å². The maximum atomic E-state index is 12.5. The van der Waals surface area contributed by atoms with E-state index in [2.05, 4.69) is 16.3 Å². The predicted molar refractivity (Wildman–Crippen MR) is 84.4 cm³/mol. The maximum Gasteiger partial charge on any atom is 0.237 e. The van der Waals surface area contributed by atoms with Gasteiger partial charge in [0.05, 0.1) is 6.54 Å². The maximum absolute atomic E-state index is 12.5. The third-order valence-electron chi connectivity index (χ3n) is 4.42. The van der Waals surface area contributed by atoms with E-state index in [1.807, 2.05) is 16.2 Å². The molecule has 1 amide bonds. The fourth-order valence-electron chi connectivity index (χ4n) is 2.99. The topological polar surface area (TPSA) is 43.8 Å². The van der Waals surface area contributed by atoms with E-state index in [9.17, 15) is 4.79 Å². The summed E-state index contributed by atoms with van der Waals surface area (Å²) in [5.74, 6) is 0.266. The summed E-state index contributed by atoms with van der Waals surface area (Å²) in [7, 11) is 0. The average Bonchev–Trinajstić information content (AvgIpc) is 3.23. The molecule has 0 unspecified atom stereocenters. The molecule has 1 aromatic rings. The van der Waals surface area contributed by atoms with Gasteiger partial charge in [-0.05, 0) is 55.7 Å². The van der Waals surface area contributed by atoms with Crippen molar-refractivity contribution in [1.82, 2.24) is 9.80 Å². The van der Waals surface area contributed by atoms with E-state index in [4.69, 9.17) is 5.11 Å². The monoisotopic (exact) mass is 308 g/mol. The minimum Gasteiger partial charge on any atom is -0.396 e. The standard InChI is InChI=1S/C16H24N2O2S/c19-9-2-1-7-17(14-3-4-14)12-16(20)18-8-5-15-13(11-18)6-10-21-15/h6,10,14,19H,1-5,7-9,11-12H2. The van der Waals surface area contributed by atoms with Crippen molar-refractivity contribution in [3.8, 4) is 0 Å². The number of hydrogen-bond acceptors (Lipinski definition) is 4. The summed E-state index contributed by atoms with van der Waals surface area (Å²) in [5.41, 5.74) is 1.33. The highest BCUT2D eigenvalue weighted by atomic mass is 32.1. The van der Waals surface area contributed by atoms with Crippen LogP contribution in [0.1, 0.15) is 36.1 Å². The second-order valence-corrected chi connectivity index (χ2v) is 7.07. The van der Waals surface area contributed by atoms with Crippen molar-refractivity contribution in [3.63, 3.8) is 0 Å². The number of aliphatic hydroxyl groups is 1. The molecule has 2 heterocycles. The number of aliphatic hydroxyl groups excluding tert-OH is 1. The molecule has 1 N–H and O–H groups in total. The molecule has 1 aromatic heterocycles. The van der Waals surface area contributed by atoms with Gasteiger partial charge >= 0.3 is 0 Å². The number of unbranched alkanes of at least 4 members (excludes halogenated alkanes) is 1. The summed E-state index contributed by atoms with van der Waals surface area (Å²) in [6.45, 7) is 3.39. The number of fused-ring (bicyclic) bond motifs is 1. The zero-order chi connectivity index (χ0) is 14.7. The Bertz CT molecular complexity index is 484. The third-order valence-corrected chi connectivity index (χ3v) is 5.44. The van der Waals surface area contributed by atoms with Gasteiger partial charge in [0.15, 0.2) is 0 Å². The summed E-state index contributed by atoms with van der Waals surface area (Å²) in [6.07, 6.45) is 5.27. The molecule has 5 heteroatoms.